The monoisotopic (exact) mass is 743 g/mol. The summed E-state index contributed by atoms with van der Waals surface area (Å²) < 4.78 is 13.7. The Morgan fingerprint density at radius 3 is 2.26 bits per heavy atom. The van der Waals surface area contributed by atoms with Crippen molar-refractivity contribution in [3.63, 3.8) is 0 Å². The SMILES string of the molecule is [C-]#[N+]c1c(C(=O)OC2C(C)CC(C)CC2C)c2nc(-c3ccc(C)c(NC(=O)C(CCCCCC)CCCCCCCC)c3)[nH]n2c1CN1CCOCC1. The number of nitrogens with one attached hydrogen (secondary N) is 2. The number of hydrogen-bond acceptors (Lipinski definition) is 6. The van der Waals surface area contributed by atoms with Gasteiger partial charge in [0.05, 0.1) is 25.5 Å². The zero-order chi connectivity index (χ0) is 38.6. The summed E-state index contributed by atoms with van der Waals surface area (Å²) in [6.07, 6.45) is 15.5. The molecule has 54 heavy (non-hydrogen) atoms. The molecule has 5 rings (SSSR count). The standard InChI is InChI=1S/C44H66N6O4/c1-8-10-12-14-15-17-19-34(18-16-13-11-9-2)43(51)46-36-28-35(21-20-31(36)4)41-47-42-38(44(52)54-40-32(5)26-30(3)27-33(40)6)39(45-7)37(50(42)48-41)29-49-22-24-53-25-23-49/h20-21,28,30,32-34,40H,8-19,22-27,29H2,1-6H3,(H,46,51)(H,47,48). The molecule has 1 amide bonds. The fourth-order valence-electron chi connectivity index (χ4n) is 8.76. The lowest BCUT2D eigenvalue weighted by molar-refractivity contribution is -0.120. The third-order valence-electron chi connectivity index (χ3n) is 11.8. The molecule has 10 nitrogen and oxygen atoms in total. The fraction of sp³-hybridized carbons (Fsp3) is 0.682. The topological polar surface area (TPSA) is 105 Å². The number of unbranched alkanes of at least 4 members (excludes halogenated alkanes) is 8. The van der Waals surface area contributed by atoms with Crippen LogP contribution in [0.5, 0.6) is 0 Å². The van der Waals surface area contributed by atoms with Crippen molar-refractivity contribution in [2.75, 3.05) is 31.6 Å². The number of aromatic nitrogens is 3. The Morgan fingerprint density at radius 1 is 0.981 bits per heavy atom. The third-order valence-corrected chi connectivity index (χ3v) is 11.8. The summed E-state index contributed by atoms with van der Waals surface area (Å²) in [7, 11) is 0. The van der Waals surface area contributed by atoms with E-state index in [1.54, 1.807) is 4.52 Å². The van der Waals surface area contributed by atoms with Gasteiger partial charge in [0.2, 0.25) is 11.6 Å². The number of aryl methyl sites for hydroxylation is 1. The van der Waals surface area contributed by atoms with E-state index in [4.69, 9.17) is 21.0 Å². The van der Waals surface area contributed by atoms with Gasteiger partial charge < -0.3 is 14.8 Å². The van der Waals surface area contributed by atoms with Crippen molar-refractivity contribution < 1.29 is 19.1 Å². The maximum Gasteiger partial charge on any atom is 0.331 e. The number of H-pyrrole nitrogens is 1. The summed E-state index contributed by atoms with van der Waals surface area (Å²) in [6, 6.07) is 5.98. The zero-order valence-corrected chi connectivity index (χ0v) is 34.0. The van der Waals surface area contributed by atoms with Crippen LogP contribution in [0.4, 0.5) is 11.4 Å². The van der Waals surface area contributed by atoms with Crippen LogP contribution in [0.1, 0.15) is 146 Å². The molecule has 3 unspecified atom stereocenters. The molecule has 1 aliphatic carbocycles. The Hall–Kier alpha value is -3.68. The molecule has 0 bridgehead atoms. The first kappa shape index (κ1) is 41.5. The molecule has 2 aliphatic rings. The van der Waals surface area contributed by atoms with Crippen molar-refractivity contribution in [3.8, 4) is 11.4 Å². The van der Waals surface area contributed by atoms with Gasteiger partial charge in [0.15, 0.2) is 11.5 Å². The third kappa shape index (κ3) is 10.5. The largest absolute Gasteiger partial charge is 0.459 e. The minimum absolute atomic E-state index is 0.0139. The quantitative estimate of drug-likeness (QED) is 0.0720. The molecular weight excluding hydrogens is 677 g/mol. The van der Waals surface area contributed by atoms with Gasteiger partial charge in [-0.2, -0.15) is 0 Å². The number of carbonyl (C=O) groups is 2. The van der Waals surface area contributed by atoms with E-state index < -0.39 is 5.97 Å². The Kier molecular flexibility index (Phi) is 15.6. The number of rotatable bonds is 19. The molecule has 1 saturated carbocycles. The first-order valence-electron chi connectivity index (χ1n) is 21.1. The molecule has 10 heteroatoms. The van der Waals surface area contributed by atoms with E-state index in [-0.39, 0.29) is 41.0 Å². The van der Waals surface area contributed by atoms with E-state index in [0.29, 0.717) is 42.8 Å². The fourth-order valence-corrected chi connectivity index (χ4v) is 8.76. The Balaban J connectivity index is 1.43. The van der Waals surface area contributed by atoms with Crippen LogP contribution in [0.25, 0.3) is 21.9 Å². The smallest absolute Gasteiger partial charge is 0.331 e. The van der Waals surface area contributed by atoms with Gasteiger partial charge in [-0.25, -0.2) is 14.6 Å². The highest BCUT2D eigenvalue weighted by atomic mass is 16.5. The second kappa shape index (κ2) is 20.3. The maximum atomic E-state index is 14.2. The van der Waals surface area contributed by atoms with Gasteiger partial charge in [0, 0.05) is 36.8 Å². The number of aromatic amines is 1. The first-order chi connectivity index (χ1) is 26.1. The van der Waals surface area contributed by atoms with E-state index in [1.807, 2.05) is 25.1 Å². The number of esters is 1. The molecule has 0 radical (unpaired) electrons. The van der Waals surface area contributed by atoms with Crippen molar-refractivity contribution >= 4 is 28.9 Å². The summed E-state index contributed by atoms with van der Waals surface area (Å²) in [5, 5.41) is 6.74. The molecule has 1 aliphatic heterocycles. The predicted octanol–water partition coefficient (Wildman–Crippen LogP) is 10.5. The van der Waals surface area contributed by atoms with Crippen LogP contribution < -0.4 is 5.32 Å². The van der Waals surface area contributed by atoms with Crippen LogP contribution in [0, 0.1) is 37.2 Å². The lowest BCUT2D eigenvalue weighted by Gasteiger charge is -2.37. The van der Waals surface area contributed by atoms with Gasteiger partial charge >= 0.3 is 5.97 Å². The van der Waals surface area contributed by atoms with Crippen molar-refractivity contribution in [1.29, 1.82) is 0 Å². The number of benzene rings is 1. The first-order valence-corrected chi connectivity index (χ1v) is 21.1. The second-order valence-electron chi connectivity index (χ2n) is 16.4. The highest BCUT2D eigenvalue weighted by Gasteiger charge is 2.37. The number of hydrogen-bond donors (Lipinski definition) is 2. The lowest BCUT2D eigenvalue weighted by atomic mass is 9.75. The molecule has 2 N–H and O–H groups in total. The van der Waals surface area contributed by atoms with Crippen LogP contribution in [-0.2, 0) is 20.8 Å². The van der Waals surface area contributed by atoms with E-state index in [9.17, 15) is 9.59 Å². The highest BCUT2D eigenvalue weighted by Crippen LogP contribution is 2.39. The van der Waals surface area contributed by atoms with Crippen LogP contribution in [0.15, 0.2) is 18.2 Å². The van der Waals surface area contributed by atoms with Crippen molar-refractivity contribution in [1.82, 2.24) is 19.5 Å². The molecule has 3 atom stereocenters. The summed E-state index contributed by atoms with van der Waals surface area (Å²) >= 11 is 0. The predicted molar refractivity (Wildman–Crippen MR) is 217 cm³/mol. The van der Waals surface area contributed by atoms with Crippen LogP contribution in [0.3, 0.4) is 0 Å². The molecule has 1 aromatic carbocycles. The van der Waals surface area contributed by atoms with Gasteiger partial charge in [-0.1, -0.05) is 111 Å². The summed E-state index contributed by atoms with van der Waals surface area (Å²) in [4.78, 5) is 39.2. The molecule has 1 saturated heterocycles. The van der Waals surface area contributed by atoms with Crippen LogP contribution >= 0.6 is 0 Å². The highest BCUT2D eigenvalue weighted by molar-refractivity contribution is 6.04. The van der Waals surface area contributed by atoms with Gasteiger partial charge in [-0.3, -0.25) is 19.3 Å². The Labute approximate surface area is 323 Å². The molecule has 2 fully saturated rings. The van der Waals surface area contributed by atoms with Crippen LogP contribution in [0.2, 0.25) is 0 Å². The molecule has 3 heterocycles. The lowest BCUT2D eigenvalue weighted by Crippen LogP contribution is -2.37. The van der Waals surface area contributed by atoms with Gasteiger partial charge in [-0.15, -0.1) is 0 Å². The molecular formula is C44H66N6O4. The molecule has 2 aromatic heterocycles. The van der Waals surface area contributed by atoms with Gasteiger partial charge in [-0.05, 0) is 62.0 Å². The van der Waals surface area contributed by atoms with Gasteiger partial charge in [0.1, 0.15) is 11.7 Å². The zero-order valence-electron chi connectivity index (χ0n) is 34.0. The Morgan fingerprint density at radius 2 is 1.61 bits per heavy atom. The maximum absolute atomic E-state index is 14.2. The van der Waals surface area contributed by atoms with Crippen molar-refractivity contribution in [2.45, 2.75) is 144 Å². The number of nitrogens with zero attached hydrogens (tertiary/aromatic N) is 4. The minimum atomic E-state index is -0.491. The van der Waals surface area contributed by atoms with E-state index in [2.05, 4.69) is 54.8 Å². The number of amides is 1. The minimum Gasteiger partial charge on any atom is -0.459 e. The van der Waals surface area contributed by atoms with Crippen molar-refractivity contribution in [2.24, 2.45) is 23.7 Å². The molecule has 3 aromatic rings. The average Bonchev–Trinajstić information content (AvgIpc) is 3.70. The summed E-state index contributed by atoms with van der Waals surface area (Å²) in [5.41, 5.74) is 4.12. The number of morpholine rings is 1. The normalized spacial score (nSPS) is 21.2. The van der Waals surface area contributed by atoms with Gasteiger partial charge in [0.25, 0.3) is 0 Å². The van der Waals surface area contributed by atoms with E-state index in [1.165, 1.54) is 44.9 Å². The number of ether oxygens (including phenoxy) is 2. The molecule has 296 valence electrons. The number of fused-ring (bicyclic) bond motifs is 1. The summed E-state index contributed by atoms with van der Waals surface area (Å²) in [6.45, 7) is 24.5. The Bertz CT molecular complexity index is 1700. The second-order valence-corrected chi connectivity index (χ2v) is 16.4. The van der Waals surface area contributed by atoms with Crippen LogP contribution in [-0.4, -0.2) is 63.8 Å². The van der Waals surface area contributed by atoms with E-state index in [0.717, 1.165) is 74.8 Å². The number of anilines is 1. The average molecular weight is 743 g/mol. The summed E-state index contributed by atoms with van der Waals surface area (Å²) in [5.74, 6) is 1.19. The van der Waals surface area contributed by atoms with Crippen molar-refractivity contribution in [3.05, 3.63) is 46.4 Å². The van der Waals surface area contributed by atoms with E-state index >= 15 is 0 Å². The number of carbonyl (C=O) groups excluding carboxylic acids is 2. The molecule has 0 spiro atoms.